The maximum Gasteiger partial charge on any atom is 0.0992 e. The van der Waals surface area contributed by atoms with Gasteiger partial charge in [-0.3, -0.25) is 4.98 Å². The lowest BCUT2D eigenvalue weighted by molar-refractivity contribution is 0.794. The zero-order valence-electron chi connectivity index (χ0n) is 28.8. The minimum absolute atomic E-state index is 0.486. The fourth-order valence-electron chi connectivity index (χ4n) is 8.31. The van der Waals surface area contributed by atoms with Gasteiger partial charge in [-0.2, -0.15) is 10.5 Å². The van der Waals surface area contributed by atoms with E-state index in [1.54, 1.807) is 18.3 Å². The van der Waals surface area contributed by atoms with Crippen molar-refractivity contribution in [2.75, 3.05) is 0 Å². The van der Waals surface area contributed by atoms with Gasteiger partial charge in [0.25, 0.3) is 0 Å². The fraction of sp³-hybridized carbons (Fsp3) is 0.0408. The second-order valence-electron chi connectivity index (χ2n) is 13.5. The molecule has 0 radical (unpaired) electrons. The highest BCUT2D eigenvalue weighted by Crippen LogP contribution is 2.63. The Hall–Kier alpha value is -7.27. The first-order chi connectivity index (χ1) is 26.1. The highest BCUT2D eigenvalue weighted by molar-refractivity contribution is 5.96. The van der Waals surface area contributed by atoms with Crippen molar-refractivity contribution in [3.8, 4) is 67.9 Å². The van der Waals surface area contributed by atoms with E-state index in [-0.39, 0.29) is 0 Å². The Balaban J connectivity index is 1.17. The lowest BCUT2D eigenvalue weighted by Crippen LogP contribution is -2.26. The maximum atomic E-state index is 9.40. The van der Waals surface area contributed by atoms with Crippen LogP contribution in [0.15, 0.2) is 176 Å². The van der Waals surface area contributed by atoms with E-state index in [0.29, 0.717) is 17.6 Å². The Morgan fingerprint density at radius 3 is 1.68 bits per heavy atom. The van der Waals surface area contributed by atoms with Crippen LogP contribution >= 0.6 is 0 Å². The van der Waals surface area contributed by atoms with E-state index in [2.05, 4.69) is 151 Å². The van der Waals surface area contributed by atoms with Crippen LogP contribution < -0.4 is 5.73 Å². The summed E-state index contributed by atoms with van der Waals surface area (Å²) in [6.07, 6.45) is 7.26. The molecule has 0 atom stereocenters. The fourth-order valence-corrected chi connectivity index (χ4v) is 8.31. The number of pyridine rings is 1. The summed E-state index contributed by atoms with van der Waals surface area (Å²) in [6, 6.07) is 56.7. The molecule has 4 heteroatoms. The molecule has 6 aromatic carbocycles. The van der Waals surface area contributed by atoms with Crippen molar-refractivity contribution in [2.24, 2.45) is 5.73 Å². The van der Waals surface area contributed by atoms with Crippen LogP contribution in [0.3, 0.4) is 0 Å². The zero-order chi connectivity index (χ0) is 35.9. The molecule has 0 amide bonds. The predicted molar refractivity (Wildman–Crippen MR) is 212 cm³/mol. The average molecular weight is 677 g/mol. The van der Waals surface area contributed by atoms with Crippen LogP contribution in [-0.4, -0.2) is 4.98 Å². The topological polar surface area (TPSA) is 86.5 Å². The van der Waals surface area contributed by atoms with Crippen LogP contribution in [-0.2, 0) is 11.8 Å². The molecular weight excluding hydrogens is 645 g/mol. The molecule has 0 unspecified atom stereocenters. The van der Waals surface area contributed by atoms with Crippen molar-refractivity contribution < 1.29 is 0 Å². The van der Waals surface area contributed by atoms with Crippen LogP contribution in [0.4, 0.5) is 0 Å². The largest absolute Gasteiger partial charge is 0.405 e. The standard InChI is InChI=1S/C49H32N4/c50-25-23-33(30-51)10-9-32-11-13-35(14-12-32)38-19-21-42-43-22-20-39(36-15-17-37(18-16-36)48-27-34(31-52)24-26-53-48)29-47(43)49(46(42)28-38)44-7-3-1-5-40(44)41-6-2-4-8-45(41)49/h1-8,10-29H,9,50H2/b25-23-,33-10+. The van der Waals surface area contributed by atoms with Gasteiger partial charge >= 0.3 is 0 Å². The van der Waals surface area contributed by atoms with Crippen molar-refractivity contribution in [1.82, 2.24) is 4.98 Å². The van der Waals surface area contributed by atoms with E-state index in [0.717, 1.165) is 39.1 Å². The molecule has 2 N–H and O–H groups in total. The molecule has 9 rings (SSSR count). The van der Waals surface area contributed by atoms with Gasteiger partial charge in [-0.05, 0) is 115 Å². The SMILES string of the molecule is N#CC(/C=C\N)=C/Cc1ccc(-c2ccc3c(c2)C2(c4ccccc4-c4ccccc42)c2cc(-c4ccc(-c5cc(C#N)ccn5)cc4)ccc2-3)cc1. The van der Waals surface area contributed by atoms with E-state index in [1.165, 1.54) is 50.7 Å². The summed E-state index contributed by atoms with van der Waals surface area (Å²) >= 11 is 0. The van der Waals surface area contributed by atoms with Crippen LogP contribution in [0.2, 0.25) is 0 Å². The van der Waals surface area contributed by atoms with E-state index in [4.69, 9.17) is 5.73 Å². The third kappa shape index (κ3) is 5.09. The molecule has 0 saturated carbocycles. The van der Waals surface area contributed by atoms with Crippen molar-refractivity contribution in [1.29, 1.82) is 10.5 Å². The number of rotatable bonds is 6. The summed E-state index contributed by atoms with van der Waals surface area (Å²) in [6.45, 7) is 0. The molecular formula is C49H32N4. The normalized spacial score (nSPS) is 13.2. The van der Waals surface area contributed by atoms with Gasteiger partial charge in [-0.1, -0.05) is 127 Å². The number of aromatic nitrogens is 1. The van der Waals surface area contributed by atoms with Gasteiger partial charge in [-0.15, -0.1) is 0 Å². The Bertz CT molecular complexity index is 2670. The van der Waals surface area contributed by atoms with Crippen molar-refractivity contribution in [2.45, 2.75) is 11.8 Å². The van der Waals surface area contributed by atoms with Gasteiger partial charge in [0.15, 0.2) is 0 Å². The number of nitriles is 2. The number of nitrogens with two attached hydrogens (primary N) is 1. The molecule has 7 aromatic rings. The summed E-state index contributed by atoms with van der Waals surface area (Å²) in [4.78, 5) is 4.51. The highest BCUT2D eigenvalue weighted by atomic mass is 14.7. The van der Waals surface area contributed by atoms with E-state index in [9.17, 15) is 10.5 Å². The smallest absolute Gasteiger partial charge is 0.0992 e. The summed E-state index contributed by atoms with van der Waals surface area (Å²) in [7, 11) is 0. The Morgan fingerprint density at radius 1 is 0.585 bits per heavy atom. The number of benzene rings is 6. The van der Waals surface area contributed by atoms with Crippen molar-refractivity contribution in [3.05, 3.63) is 209 Å². The molecule has 1 spiro atoms. The number of fused-ring (bicyclic) bond motifs is 10. The van der Waals surface area contributed by atoms with Crippen LogP contribution in [0.25, 0.3) is 55.8 Å². The average Bonchev–Trinajstić information content (AvgIpc) is 3.69. The van der Waals surface area contributed by atoms with Gasteiger partial charge in [0.05, 0.1) is 28.8 Å². The van der Waals surface area contributed by atoms with E-state index in [1.807, 2.05) is 12.1 Å². The van der Waals surface area contributed by atoms with Crippen LogP contribution in [0.5, 0.6) is 0 Å². The summed E-state index contributed by atoms with van der Waals surface area (Å²) in [5, 5.41) is 18.8. The summed E-state index contributed by atoms with van der Waals surface area (Å²) < 4.78 is 0. The molecule has 2 aliphatic carbocycles. The number of hydrogen-bond acceptors (Lipinski definition) is 4. The Labute approximate surface area is 309 Å². The first-order valence-electron chi connectivity index (χ1n) is 17.7. The summed E-state index contributed by atoms with van der Waals surface area (Å²) in [5.41, 5.74) is 23.8. The van der Waals surface area contributed by atoms with Crippen LogP contribution in [0.1, 0.15) is 33.4 Å². The molecule has 0 saturated heterocycles. The number of nitrogens with zero attached hydrogens (tertiary/aromatic N) is 3. The molecule has 1 heterocycles. The van der Waals surface area contributed by atoms with Crippen molar-refractivity contribution in [3.63, 3.8) is 0 Å². The van der Waals surface area contributed by atoms with Gasteiger partial charge in [-0.25, -0.2) is 0 Å². The number of allylic oxidation sites excluding steroid dienone is 3. The lowest BCUT2D eigenvalue weighted by atomic mass is 9.70. The van der Waals surface area contributed by atoms with Crippen LogP contribution in [0, 0.1) is 22.7 Å². The first-order valence-corrected chi connectivity index (χ1v) is 17.7. The molecule has 0 bridgehead atoms. The Morgan fingerprint density at radius 2 is 1.11 bits per heavy atom. The third-order valence-electron chi connectivity index (χ3n) is 10.7. The van der Waals surface area contributed by atoms with E-state index < -0.39 is 5.41 Å². The van der Waals surface area contributed by atoms with Gasteiger partial charge in [0.2, 0.25) is 0 Å². The first kappa shape index (κ1) is 31.7. The zero-order valence-corrected chi connectivity index (χ0v) is 28.8. The van der Waals surface area contributed by atoms with Crippen molar-refractivity contribution >= 4 is 0 Å². The lowest BCUT2D eigenvalue weighted by Gasteiger charge is -2.31. The Kier molecular flexibility index (Phi) is 7.66. The number of hydrogen-bond donors (Lipinski definition) is 1. The molecule has 248 valence electrons. The third-order valence-corrected chi connectivity index (χ3v) is 10.7. The second-order valence-corrected chi connectivity index (χ2v) is 13.5. The molecule has 0 aliphatic heterocycles. The second kappa shape index (κ2) is 12.8. The van der Waals surface area contributed by atoms with Gasteiger partial charge in [0, 0.05) is 17.3 Å². The minimum atomic E-state index is -0.486. The monoisotopic (exact) mass is 676 g/mol. The predicted octanol–water partition coefficient (Wildman–Crippen LogP) is 10.8. The molecule has 53 heavy (non-hydrogen) atoms. The molecule has 0 fully saturated rings. The van der Waals surface area contributed by atoms with Gasteiger partial charge in [0.1, 0.15) is 0 Å². The van der Waals surface area contributed by atoms with Gasteiger partial charge < -0.3 is 5.73 Å². The highest BCUT2D eigenvalue weighted by Gasteiger charge is 2.51. The summed E-state index contributed by atoms with van der Waals surface area (Å²) in [5.74, 6) is 0. The minimum Gasteiger partial charge on any atom is -0.405 e. The van der Waals surface area contributed by atoms with E-state index >= 15 is 0 Å². The maximum absolute atomic E-state index is 9.40. The molecule has 2 aliphatic rings. The quantitative estimate of drug-likeness (QED) is 0.140. The molecule has 1 aromatic heterocycles. The molecule has 4 nitrogen and oxygen atoms in total.